The Labute approximate surface area is 126 Å². The Bertz CT molecular complexity index is 516. The number of benzene rings is 1. The lowest BCUT2D eigenvalue weighted by Crippen LogP contribution is -2.40. The summed E-state index contributed by atoms with van der Waals surface area (Å²) in [6.07, 6.45) is 3.86. The van der Waals surface area contributed by atoms with Crippen LogP contribution in [0.4, 0.5) is 0 Å². The van der Waals surface area contributed by atoms with E-state index in [4.69, 9.17) is 4.74 Å². The summed E-state index contributed by atoms with van der Waals surface area (Å²) in [7, 11) is 0. The summed E-state index contributed by atoms with van der Waals surface area (Å²) < 4.78 is 5.55. The van der Waals surface area contributed by atoms with E-state index in [9.17, 15) is 4.79 Å². The SMILES string of the molecule is CCN1CCC[C@H]1CNC(=O)Cc1ccc2c(c1)OCC2. The van der Waals surface area contributed by atoms with Crippen LogP contribution in [0.15, 0.2) is 18.2 Å². The Morgan fingerprint density at radius 2 is 2.38 bits per heavy atom. The van der Waals surface area contributed by atoms with Crippen molar-refractivity contribution < 1.29 is 9.53 Å². The lowest BCUT2D eigenvalue weighted by Gasteiger charge is -2.22. The van der Waals surface area contributed by atoms with Crippen LogP contribution in [0.5, 0.6) is 5.75 Å². The molecule has 1 amide bonds. The average Bonchev–Trinajstić information content (AvgIpc) is 3.13. The number of carbonyl (C=O) groups excluding carboxylic acids is 1. The number of hydrogen-bond donors (Lipinski definition) is 1. The van der Waals surface area contributed by atoms with E-state index >= 15 is 0 Å². The fraction of sp³-hybridized carbons (Fsp3) is 0.588. The predicted octanol–water partition coefficient (Wildman–Crippen LogP) is 1.76. The molecule has 2 aliphatic rings. The highest BCUT2D eigenvalue weighted by Gasteiger charge is 2.23. The van der Waals surface area contributed by atoms with E-state index in [1.807, 2.05) is 12.1 Å². The second kappa shape index (κ2) is 6.48. The van der Waals surface area contributed by atoms with Gasteiger partial charge in [0.2, 0.25) is 5.91 Å². The number of likely N-dealkylation sites (tertiary alicyclic amines) is 1. The molecular weight excluding hydrogens is 264 g/mol. The van der Waals surface area contributed by atoms with Gasteiger partial charge >= 0.3 is 0 Å². The van der Waals surface area contributed by atoms with Crippen molar-refractivity contribution in [3.05, 3.63) is 29.3 Å². The van der Waals surface area contributed by atoms with Gasteiger partial charge in [-0.3, -0.25) is 9.69 Å². The van der Waals surface area contributed by atoms with Gasteiger partial charge in [-0.2, -0.15) is 0 Å². The molecule has 1 fully saturated rings. The number of hydrogen-bond acceptors (Lipinski definition) is 3. The molecule has 4 nitrogen and oxygen atoms in total. The molecule has 1 saturated heterocycles. The van der Waals surface area contributed by atoms with Crippen molar-refractivity contribution in [3.63, 3.8) is 0 Å². The maximum absolute atomic E-state index is 12.1. The van der Waals surface area contributed by atoms with Crippen LogP contribution in [0, 0.1) is 0 Å². The van der Waals surface area contributed by atoms with Gasteiger partial charge in [0.05, 0.1) is 13.0 Å². The molecule has 0 radical (unpaired) electrons. The quantitative estimate of drug-likeness (QED) is 0.898. The molecule has 1 atom stereocenters. The van der Waals surface area contributed by atoms with Crippen LogP contribution in [0.1, 0.15) is 30.9 Å². The van der Waals surface area contributed by atoms with Gasteiger partial charge in [0.1, 0.15) is 5.75 Å². The van der Waals surface area contributed by atoms with Crippen LogP contribution in [-0.4, -0.2) is 43.1 Å². The molecule has 1 aromatic carbocycles. The summed E-state index contributed by atoms with van der Waals surface area (Å²) >= 11 is 0. The smallest absolute Gasteiger partial charge is 0.224 e. The van der Waals surface area contributed by atoms with Gasteiger partial charge in [-0.1, -0.05) is 19.1 Å². The lowest BCUT2D eigenvalue weighted by molar-refractivity contribution is -0.120. The molecule has 114 valence electrons. The fourth-order valence-corrected chi connectivity index (χ4v) is 3.34. The number of nitrogens with zero attached hydrogens (tertiary/aromatic N) is 1. The third kappa shape index (κ3) is 3.38. The van der Waals surface area contributed by atoms with E-state index in [-0.39, 0.29) is 5.91 Å². The Morgan fingerprint density at radius 1 is 1.48 bits per heavy atom. The monoisotopic (exact) mass is 288 g/mol. The van der Waals surface area contributed by atoms with Crippen molar-refractivity contribution in [2.24, 2.45) is 0 Å². The molecule has 0 saturated carbocycles. The highest BCUT2D eigenvalue weighted by Crippen LogP contribution is 2.26. The van der Waals surface area contributed by atoms with E-state index in [1.54, 1.807) is 0 Å². The van der Waals surface area contributed by atoms with Gasteiger partial charge in [-0.25, -0.2) is 0 Å². The maximum Gasteiger partial charge on any atom is 0.224 e. The maximum atomic E-state index is 12.1. The zero-order valence-electron chi connectivity index (χ0n) is 12.7. The topological polar surface area (TPSA) is 41.6 Å². The standard InChI is InChI=1S/C17H24N2O2/c1-2-19-8-3-4-15(19)12-18-17(20)11-13-5-6-14-7-9-21-16(14)10-13/h5-6,10,15H,2-4,7-9,11-12H2,1H3,(H,18,20)/t15-/m0/s1. The highest BCUT2D eigenvalue weighted by molar-refractivity contribution is 5.78. The Balaban J connectivity index is 1.50. The second-order valence-electron chi connectivity index (χ2n) is 5.95. The number of carbonyl (C=O) groups is 1. The normalized spacial score (nSPS) is 21.1. The fourth-order valence-electron chi connectivity index (χ4n) is 3.34. The minimum absolute atomic E-state index is 0.107. The second-order valence-corrected chi connectivity index (χ2v) is 5.95. The molecule has 0 unspecified atom stereocenters. The van der Waals surface area contributed by atoms with Crippen LogP contribution in [0.25, 0.3) is 0 Å². The van der Waals surface area contributed by atoms with E-state index in [2.05, 4.69) is 23.2 Å². The molecule has 1 N–H and O–H groups in total. The Hall–Kier alpha value is -1.55. The third-order valence-electron chi connectivity index (χ3n) is 4.57. The predicted molar refractivity (Wildman–Crippen MR) is 82.6 cm³/mol. The summed E-state index contributed by atoms with van der Waals surface area (Å²) in [6, 6.07) is 6.65. The zero-order chi connectivity index (χ0) is 14.7. The molecule has 0 aliphatic carbocycles. The average molecular weight is 288 g/mol. The van der Waals surface area contributed by atoms with Crippen LogP contribution in [0.3, 0.4) is 0 Å². The molecule has 0 aromatic heterocycles. The van der Waals surface area contributed by atoms with Gasteiger partial charge < -0.3 is 10.1 Å². The van der Waals surface area contributed by atoms with Crippen molar-refractivity contribution in [2.45, 2.75) is 38.6 Å². The van der Waals surface area contributed by atoms with Crippen molar-refractivity contribution in [2.75, 3.05) is 26.2 Å². The number of likely N-dealkylation sites (N-methyl/N-ethyl adjacent to an activating group) is 1. The van der Waals surface area contributed by atoms with E-state index in [0.717, 1.165) is 37.4 Å². The minimum atomic E-state index is 0.107. The minimum Gasteiger partial charge on any atom is -0.493 e. The van der Waals surface area contributed by atoms with Crippen molar-refractivity contribution in [3.8, 4) is 5.75 Å². The van der Waals surface area contributed by atoms with E-state index in [0.29, 0.717) is 12.5 Å². The van der Waals surface area contributed by atoms with Crippen molar-refractivity contribution >= 4 is 5.91 Å². The lowest BCUT2D eigenvalue weighted by atomic mass is 10.1. The Kier molecular flexibility index (Phi) is 4.44. The first-order chi connectivity index (χ1) is 10.3. The summed E-state index contributed by atoms with van der Waals surface area (Å²) in [5, 5.41) is 3.08. The zero-order valence-corrected chi connectivity index (χ0v) is 12.7. The molecule has 4 heteroatoms. The summed E-state index contributed by atoms with van der Waals surface area (Å²) in [5.74, 6) is 1.06. The number of fused-ring (bicyclic) bond motifs is 1. The van der Waals surface area contributed by atoms with Crippen LogP contribution >= 0.6 is 0 Å². The molecule has 21 heavy (non-hydrogen) atoms. The summed E-state index contributed by atoms with van der Waals surface area (Å²) in [6.45, 7) is 5.96. The number of ether oxygens (including phenoxy) is 1. The molecule has 2 heterocycles. The number of rotatable bonds is 5. The highest BCUT2D eigenvalue weighted by atomic mass is 16.5. The van der Waals surface area contributed by atoms with E-state index in [1.165, 1.54) is 24.9 Å². The van der Waals surface area contributed by atoms with Gasteiger partial charge in [0.25, 0.3) is 0 Å². The van der Waals surface area contributed by atoms with Crippen LogP contribution in [-0.2, 0) is 17.6 Å². The number of nitrogens with one attached hydrogen (secondary N) is 1. The summed E-state index contributed by atoms with van der Waals surface area (Å²) in [5.41, 5.74) is 2.29. The first-order valence-corrected chi connectivity index (χ1v) is 8.01. The molecule has 0 spiro atoms. The third-order valence-corrected chi connectivity index (χ3v) is 4.57. The van der Waals surface area contributed by atoms with Gasteiger partial charge in [0.15, 0.2) is 0 Å². The molecule has 2 aliphatic heterocycles. The molecule has 1 aromatic rings. The molecular formula is C17H24N2O2. The first kappa shape index (κ1) is 14.4. The van der Waals surface area contributed by atoms with Crippen LogP contribution < -0.4 is 10.1 Å². The van der Waals surface area contributed by atoms with Gasteiger partial charge in [-0.15, -0.1) is 0 Å². The van der Waals surface area contributed by atoms with Crippen molar-refractivity contribution in [1.29, 1.82) is 0 Å². The van der Waals surface area contributed by atoms with Crippen molar-refractivity contribution in [1.82, 2.24) is 10.2 Å². The molecule has 0 bridgehead atoms. The summed E-state index contributed by atoms with van der Waals surface area (Å²) in [4.78, 5) is 14.5. The van der Waals surface area contributed by atoms with Crippen LogP contribution in [0.2, 0.25) is 0 Å². The van der Waals surface area contributed by atoms with E-state index < -0.39 is 0 Å². The largest absolute Gasteiger partial charge is 0.493 e. The number of amides is 1. The first-order valence-electron chi connectivity index (χ1n) is 8.01. The Morgan fingerprint density at radius 3 is 3.24 bits per heavy atom. The van der Waals surface area contributed by atoms with Gasteiger partial charge in [-0.05, 0) is 43.1 Å². The van der Waals surface area contributed by atoms with Gasteiger partial charge in [0, 0.05) is 19.0 Å². The molecule has 3 rings (SSSR count).